The van der Waals surface area contributed by atoms with E-state index in [1.807, 2.05) is 0 Å². The molecule has 0 atom stereocenters. The second kappa shape index (κ2) is 5.53. The second-order valence-electron chi connectivity index (χ2n) is 6.08. The molecule has 0 saturated carbocycles. The number of carboxylic acid groups (broad SMARTS) is 1. The second-order valence-corrected chi connectivity index (χ2v) is 6.08. The molecule has 0 spiro atoms. The molecule has 1 saturated heterocycles. The third-order valence-electron chi connectivity index (χ3n) is 4.50. The molecule has 0 amide bonds. The van der Waals surface area contributed by atoms with Crippen LogP contribution in [0.15, 0.2) is 22.6 Å². The number of carbonyl (C=O) groups is 1. The number of nitrogens with zero attached hydrogens (tertiary/aromatic N) is 1. The number of rotatable bonds is 3. The van der Waals surface area contributed by atoms with E-state index in [-0.39, 0.29) is 5.92 Å². The largest absolute Gasteiger partial charge is 0.481 e. The summed E-state index contributed by atoms with van der Waals surface area (Å²) in [5, 5.41) is 10.2. The van der Waals surface area contributed by atoms with Crippen molar-refractivity contribution in [3.8, 4) is 0 Å². The molecule has 112 valence electrons. The molecule has 1 aromatic carbocycles. The van der Waals surface area contributed by atoms with Crippen molar-refractivity contribution in [2.45, 2.75) is 33.2 Å². The highest BCUT2D eigenvalue weighted by atomic mass is 16.4. The van der Waals surface area contributed by atoms with Crippen LogP contribution in [0.1, 0.15) is 29.7 Å². The first-order valence-electron chi connectivity index (χ1n) is 7.48. The molecule has 0 bridgehead atoms. The predicted molar refractivity (Wildman–Crippen MR) is 81.3 cm³/mol. The SMILES string of the molecule is Cc1cc2cc(CN3CCC(C(=O)O)CC3)oc2cc1C. The van der Waals surface area contributed by atoms with E-state index in [4.69, 9.17) is 9.52 Å². The van der Waals surface area contributed by atoms with Gasteiger partial charge < -0.3 is 9.52 Å². The summed E-state index contributed by atoms with van der Waals surface area (Å²) in [6, 6.07) is 6.35. The van der Waals surface area contributed by atoms with Crippen molar-refractivity contribution in [1.29, 1.82) is 0 Å². The van der Waals surface area contributed by atoms with Crippen molar-refractivity contribution in [1.82, 2.24) is 4.90 Å². The molecule has 1 N–H and O–H groups in total. The minimum Gasteiger partial charge on any atom is -0.481 e. The highest BCUT2D eigenvalue weighted by Gasteiger charge is 2.24. The summed E-state index contributed by atoms with van der Waals surface area (Å²) >= 11 is 0. The zero-order valence-electron chi connectivity index (χ0n) is 12.6. The molecule has 1 fully saturated rings. The van der Waals surface area contributed by atoms with Crippen LogP contribution in [0, 0.1) is 19.8 Å². The number of furan rings is 1. The monoisotopic (exact) mass is 287 g/mol. The number of benzene rings is 1. The molecule has 2 heterocycles. The highest BCUT2D eigenvalue weighted by molar-refractivity contribution is 5.79. The van der Waals surface area contributed by atoms with E-state index in [0.717, 1.165) is 49.2 Å². The van der Waals surface area contributed by atoms with E-state index in [9.17, 15) is 4.79 Å². The van der Waals surface area contributed by atoms with Crippen LogP contribution in [0.3, 0.4) is 0 Å². The van der Waals surface area contributed by atoms with Gasteiger partial charge in [-0.15, -0.1) is 0 Å². The van der Waals surface area contributed by atoms with Crippen molar-refractivity contribution in [3.63, 3.8) is 0 Å². The van der Waals surface area contributed by atoms with Gasteiger partial charge in [-0.05, 0) is 69.1 Å². The van der Waals surface area contributed by atoms with E-state index in [1.54, 1.807) is 0 Å². The van der Waals surface area contributed by atoms with Crippen molar-refractivity contribution in [2.75, 3.05) is 13.1 Å². The van der Waals surface area contributed by atoms with Crippen LogP contribution in [0.5, 0.6) is 0 Å². The number of aliphatic carboxylic acids is 1. The Morgan fingerprint density at radius 3 is 2.57 bits per heavy atom. The van der Waals surface area contributed by atoms with E-state index >= 15 is 0 Å². The molecule has 21 heavy (non-hydrogen) atoms. The van der Waals surface area contributed by atoms with Crippen LogP contribution in [0.4, 0.5) is 0 Å². The summed E-state index contributed by atoms with van der Waals surface area (Å²) < 4.78 is 5.92. The van der Waals surface area contributed by atoms with Crippen LogP contribution in [0.2, 0.25) is 0 Å². The molecule has 1 aliphatic heterocycles. The van der Waals surface area contributed by atoms with Gasteiger partial charge in [-0.25, -0.2) is 0 Å². The van der Waals surface area contributed by atoms with Crippen LogP contribution >= 0.6 is 0 Å². The van der Waals surface area contributed by atoms with Gasteiger partial charge in [-0.1, -0.05) is 0 Å². The number of hydrogen-bond acceptors (Lipinski definition) is 3. The Morgan fingerprint density at radius 1 is 1.24 bits per heavy atom. The topological polar surface area (TPSA) is 53.7 Å². The van der Waals surface area contributed by atoms with E-state index in [0.29, 0.717) is 0 Å². The normalized spacial score (nSPS) is 17.4. The molecule has 4 nitrogen and oxygen atoms in total. The Labute approximate surface area is 124 Å². The molecule has 2 aromatic rings. The smallest absolute Gasteiger partial charge is 0.306 e. The van der Waals surface area contributed by atoms with Gasteiger partial charge in [0.25, 0.3) is 0 Å². The quantitative estimate of drug-likeness (QED) is 0.940. The van der Waals surface area contributed by atoms with Crippen molar-refractivity contribution >= 4 is 16.9 Å². The third-order valence-corrected chi connectivity index (χ3v) is 4.50. The lowest BCUT2D eigenvalue weighted by Gasteiger charge is -2.29. The fourth-order valence-electron chi connectivity index (χ4n) is 2.99. The zero-order chi connectivity index (χ0) is 15.0. The Morgan fingerprint density at radius 2 is 1.90 bits per heavy atom. The lowest BCUT2D eigenvalue weighted by atomic mass is 9.97. The number of carboxylic acids is 1. The first-order valence-corrected chi connectivity index (χ1v) is 7.48. The summed E-state index contributed by atoms with van der Waals surface area (Å²) in [6.07, 6.45) is 1.46. The molecule has 1 aromatic heterocycles. The average Bonchev–Trinajstić information content (AvgIpc) is 2.81. The van der Waals surface area contributed by atoms with Crippen molar-refractivity contribution in [2.24, 2.45) is 5.92 Å². The minimum atomic E-state index is -0.663. The standard InChI is InChI=1S/C17H21NO3/c1-11-7-14-9-15(21-16(14)8-12(11)2)10-18-5-3-13(4-6-18)17(19)20/h7-9,13H,3-6,10H2,1-2H3,(H,19,20). The van der Waals surface area contributed by atoms with E-state index in [2.05, 4.69) is 36.9 Å². The maximum absolute atomic E-state index is 11.0. The minimum absolute atomic E-state index is 0.178. The van der Waals surface area contributed by atoms with Crippen LogP contribution in [-0.4, -0.2) is 29.1 Å². The van der Waals surface area contributed by atoms with Crippen LogP contribution < -0.4 is 0 Å². The molecule has 3 rings (SSSR count). The summed E-state index contributed by atoms with van der Waals surface area (Å²) in [6.45, 7) is 6.61. The summed E-state index contributed by atoms with van der Waals surface area (Å²) in [5.74, 6) is 0.121. The summed E-state index contributed by atoms with van der Waals surface area (Å²) in [5.41, 5.74) is 3.45. The molecule has 4 heteroatoms. The Bertz CT molecular complexity index is 627. The molecular formula is C17H21NO3. The molecule has 0 unspecified atom stereocenters. The Hall–Kier alpha value is -1.81. The van der Waals surface area contributed by atoms with E-state index < -0.39 is 5.97 Å². The predicted octanol–water partition coefficient (Wildman–Crippen LogP) is 3.35. The molecule has 0 aliphatic carbocycles. The third kappa shape index (κ3) is 2.95. The number of fused-ring (bicyclic) bond motifs is 1. The molecular weight excluding hydrogens is 266 g/mol. The van der Waals surface area contributed by atoms with Gasteiger partial charge in [0.2, 0.25) is 0 Å². The summed E-state index contributed by atoms with van der Waals surface area (Å²) in [4.78, 5) is 13.2. The van der Waals surface area contributed by atoms with Gasteiger partial charge in [-0.2, -0.15) is 0 Å². The van der Waals surface area contributed by atoms with Gasteiger partial charge in [0, 0.05) is 5.39 Å². The van der Waals surface area contributed by atoms with Crippen LogP contribution in [-0.2, 0) is 11.3 Å². The summed E-state index contributed by atoms with van der Waals surface area (Å²) in [7, 11) is 0. The zero-order valence-corrected chi connectivity index (χ0v) is 12.6. The van der Waals surface area contributed by atoms with Crippen molar-refractivity contribution < 1.29 is 14.3 Å². The molecule has 0 radical (unpaired) electrons. The maximum atomic E-state index is 11.0. The van der Waals surface area contributed by atoms with Gasteiger partial charge in [0.15, 0.2) is 0 Å². The van der Waals surface area contributed by atoms with Gasteiger partial charge >= 0.3 is 5.97 Å². The lowest BCUT2D eigenvalue weighted by molar-refractivity contribution is -0.143. The lowest BCUT2D eigenvalue weighted by Crippen LogP contribution is -2.35. The number of aryl methyl sites for hydroxylation is 2. The number of piperidine rings is 1. The number of hydrogen-bond donors (Lipinski definition) is 1. The Balaban J connectivity index is 1.70. The maximum Gasteiger partial charge on any atom is 0.306 e. The average molecular weight is 287 g/mol. The fourth-order valence-corrected chi connectivity index (χ4v) is 2.99. The fraction of sp³-hybridized carbons (Fsp3) is 0.471. The first-order chi connectivity index (χ1) is 10.0. The van der Waals surface area contributed by atoms with Crippen molar-refractivity contribution in [3.05, 3.63) is 35.1 Å². The van der Waals surface area contributed by atoms with Crippen LogP contribution in [0.25, 0.3) is 11.0 Å². The molecule has 1 aliphatic rings. The number of likely N-dealkylation sites (tertiary alicyclic amines) is 1. The van der Waals surface area contributed by atoms with E-state index in [1.165, 1.54) is 11.1 Å². The van der Waals surface area contributed by atoms with Gasteiger partial charge in [0.1, 0.15) is 11.3 Å². The van der Waals surface area contributed by atoms with Gasteiger partial charge in [0.05, 0.1) is 12.5 Å². The first kappa shape index (κ1) is 14.1. The Kier molecular flexibility index (Phi) is 3.72. The van der Waals surface area contributed by atoms with Gasteiger partial charge in [-0.3, -0.25) is 9.69 Å². The highest BCUT2D eigenvalue weighted by Crippen LogP contribution is 2.25.